The molecule has 1 amide bonds. The van der Waals surface area contributed by atoms with Crippen LogP contribution in [0.25, 0.3) is 0 Å². The van der Waals surface area contributed by atoms with Crippen LogP contribution in [0.3, 0.4) is 0 Å². The molecule has 0 spiro atoms. The number of hydrogen-bond donors (Lipinski definition) is 0. The van der Waals surface area contributed by atoms with Crippen LogP contribution in [0.1, 0.15) is 35.1 Å². The van der Waals surface area contributed by atoms with Crippen LogP contribution in [-0.4, -0.2) is 39.0 Å². The van der Waals surface area contributed by atoms with E-state index in [9.17, 15) is 4.79 Å². The van der Waals surface area contributed by atoms with Gasteiger partial charge in [-0.15, -0.1) is 0 Å². The zero-order valence-electron chi connectivity index (χ0n) is 11.1. The molecule has 1 rings (SSSR count). The topological polar surface area (TPSA) is 38.1 Å². The molecule has 0 aliphatic carbocycles. The van der Waals surface area contributed by atoms with Gasteiger partial charge in [-0.25, -0.2) is 0 Å². The Morgan fingerprint density at radius 3 is 2.53 bits per heavy atom. The smallest absolute Gasteiger partial charge is 0.257 e. The van der Waals surface area contributed by atoms with Gasteiger partial charge in [0.25, 0.3) is 5.91 Å². The minimum Gasteiger partial charge on any atom is -0.342 e. The molecular formula is C12H20BrN3O. The lowest BCUT2D eigenvalue weighted by Crippen LogP contribution is -2.29. The van der Waals surface area contributed by atoms with Crippen LogP contribution in [0, 0.1) is 13.8 Å². The van der Waals surface area contributed by atoms with E-state index in [1.807, 2.05) is 27.9 Å². The standard InChI is InChI=1S/C12H20BrN3O/c1-8(13)6-7-15(4)12(17)11-9(2)14-16(5)10(11)3/h8H,6-7H2,1-5H3. The van der Waals surface area contributed by atoms with Crippen molar-refractivity contribution < 1.29 is 4.79 Å². The van der Waals surface area contributed by atoms with Gasteiger partial charge in [0.05, 0.1) is 11.3 Å². The molecule has 1 aromatic rings. The summed E-state index contributed by atoms with van der Waals surface area (Å²) in [5, 5.41) is 4.27. The highest BCUT2D eigenvalue weighted by atomic mass is 79.9. The van der Waals surface area contributed by atoms with E-state index in [0.29, 0.717) is 4.83 Å². The Labute approximate surface area is 111 Å². The van der Waals surface area contributed by atoms with Gasteiger partial charge in [-0.2, -0.15) is 5.10 Å². The van der Waals surface area contributed by atoms with Crippen molar-refractivity contribution in [3.05, 3.63) is 17.0 Å². The minimum absolute atomic E-state index is 0.0567. The molecule has 0 fully saturated rings. The van der Waals surface area contributed by atoms with E-state index >= 15 is 0 Å². The third-order valence-corrected chi connectivity index (χ3v) is 3.39. The largest absolute Gasteiger partial charge is 0.342 e. The molecule has 5 heteroatoms. The maximum Gasteiger partial charge on any atom is 0.257 e. The van der Waals surface area contributed by atoms with E-state index in [2.05, 4.69) is 28.0 Å². The predicted molar refractivity (Wildman–Crippen MR) is 72.6 cm³/mol. The summed E-state index contributed by atoms with van der Waals surface area (Å²) in [4.78, 5) is 14.5. The summed E-state index contributed by atoms with van der Waals surface area (Å²) < 4.78 is 1.75. The molecule has 4 nitrogen and oxygen atoms in total. The lowest BCUT2D eigenvalue weighted by atomic mass is 10.1. The first kappa shape index (κ1) is 14.2. The highest BCUT2D eigenvalue weighted by Gasteiger charge is 2.20. The molecule has 1 aromatic heterocycles. The van der Waals surface area contributed by atoms with Crippen LogP contribution in [0.15, 0.2) is 0 Å². The zero-order chi connectivity index (χ0) is 13.2. The number of nitrogens with zero attached hydrogens (tertiary/aromatic N) is 3. The number of hydrogen-bond acceptors (Lipinski definition) is 2. The average Bonchev–Trinajstić information content (AvgIpc) is 2.49. The number of halogens is 1. The Bertz CT molecular complexity index is 412. The van der Waals surface area contributed by atoms with Crippen LogP contribution in [-0.2, 0) is 7.05 Å². The summed E-state index contributed by atoms with van der Waals surface area (Å²) in [6.07, 6.45) is 0.945. The lowest BCUT2D eigenvalue weighted by Gasteiger charge is -2.18. The quantitative estimate of drug-likeness (QED) is 0.800. The number of aryl methyl sites for hydroxylation is 2. The van der Waals surface area contributed by atoms with Crippen molar-refractivity contribution in [3.63, 3.8) is 0 Å². The van der Waals surface area contributed by atoms with Crippen molar-refractivity contribution in [3.8, 4) is 0 Å². The lowest BCUT2D eigenvalue weighted by molar-refractivity contribution is 0.0792. The van der Waals surface area contributed by atoms with Gasteiger partial charge in [0.1, 0.15) is 0 Å². The molecular weight excluding hydrogens is 282 g/mol. The van der Waals surface area contributed by atoms with E-state index in [1.54, 1.807) is 9.58 Å². The highest BCUT2D eigenvalue weighted by Crippen LogP contribution is 2.15. The van der Waals surface area contributed by atoms with Gasteiger partial charge in [-0.05, 0) is 20.3 Å². The summed E-state index contributed by atoms with van der Waals surface area (Å²) in [5.41, 5.74) is 2.46. The second kappa shape index (κ2) is 5.67. The first-order chi connectivity index (χ1) is 7.84. The molecule has 0 radical (unpaired) electrons. The predicted octanol–water partition coefficient (Wildman–Crippen LogP) is 2.28. The Balaban J connectivity index is 2.82. The van der Waals surface area contributed by atoms with Crippen LogP contribution < -0.4 is 0 Å². The molecule has 1 unspecified atom stereocenters. The summed E-state index contributed by atoms with van der Waals surface area (Å²) in [6, 6.07) is 0. The minimum atomic E-state index is 0.0567. The maximum absolute atomic E-state index is 12.3. The molecule has 1 atom stereocenters. The van der Waals surface area contributed by atoms with E-state index in [0.717, 1.165) is 29.9 Å². The molecule has 0 bridgehead atoms. The zero-order valence-corrected chi connectivity index (χ0v) is 12.7. The summed E-state index contributed by atoms with van der Waals surface area (Å²) in [7, 11) is 3.70. The highest BCUT2D eigenvalue weighted by molar-refractivity contribution is 9.09. The SMILES string of the molecule is Cc1nn(C)c(C)c1C(=O)N(C)CCC(C)Br. The van der Waals surface area contributed by atoms with Crippen LogP contribution >= 0.6 is 15.9 Å². The summed E-state index contributed by atoms with van der Waals surface area (Å²) in [6.45, 7) is 6.63. The molecule has 0 aliphatic heterocycles. The number of carbonyl (C=O) groups excluding carboxylic acids is 1. The number of alkyl halides is 1. The Hall–Kier alpha value is -0.840. The molecule has 1 heterocycles. The molecule has 0 saturated heterocycles. The molecule has 17 heavy (non-hydrogen) atoms. The van der Waals surface area contributed by atoms with Crippen LogP contribution in [0.4, 0.5) is 0 Å². The fraction of sp³-hybridized carbons (Fsp3) is 0.667. The van der Waals surface area contributed by atoms with Crippen molar-refractivity contribution in [2.24, 2.45) is 7.05 Å². The van der Waals surface area contributed by atoms with E-state index in [-0.39, 0.29) is 5.91 Å². The Morgan fingerprint density at radius 1 is 1.53 bits per heavy atom. The fourth-order valence-electron chi connectivity index (χ4n) is 1.75. The van der Waals surface area contributed by atoms with Crippen LogP contribution in [0.5, 0.6) is 0 Å². The number of rotatable bonds is 4. The van der Waals surface area contributed by atoms with Gasteiger partial charge in [0.15, 0.2) is 0 Å². The number of amides is 1. The number of aromatic nitrogens is 2. The third-order valence-electron chi connectivity index (χ3n) is 2.93. The van der Waals surface area contributed by atoms with Gasteiger partial charge in [-0.1, -0.05) is 22.9 Å². The monoisotopic (exact) mass is 301 g/mol. The van der Waals surface area contributed by atoms with Crippen molar-refractivity contribution in [1.29, 1.82) is 0 Å². The molecule has 0 saturated carbocycles. The van der Waals surface area contributed by atoms with E-state index in [1.165, 1.54) is 0 Å². The van der Waals surface area contributed by atoms with E-state index < -0.39 is 0 Å². The Morgan fingerprint density at radius 2 is 2.12 bits per heavy atom. The average molecular weight is 302 g/mol. The molecule has 0 N–H and O–H groups in total. The van der Waals surface area contributed by atoms with Gasteiger partial charge < -0.3 is 4.90 Å². The van der Waals surface area contributed by atoms with Crippen molar-refractivity contribution in [2.75, 3.05) is 13.6 Å². The Kier molecular flexibility index (Phi) is 4.74. The van der Waals surface area contributed by atoms with Gasteiger partial charge in [0, 0.05) is 31.2 Å². The first-order valence-electron chi connectivity index (χ1n) is 5.74. The number of carbonyl (C=O) groups is 1. The van der Waals surface area contributed by atoms with Crippen molar-refractivity contribution >= 4 is 21.8 Å². The summed E-state index contributed by atoms with van der Waals surface area (Å²) >= 11 is 3.49. The van der Waals surface area contributed by atoms with Gasteiger partial charge >= 0.3 is 0 Å². The van der Waals surface area contributed by atoms with Crippen LogP contribution in [0.2, 0.25) is 0 Å². The molecule has 0 aliphatic rings. The second-order valence-electron chi connectivity index (χ2n) is 4.47. The second-order valence-corrected chi connectivity index (χ2v) is 6.03. The van der Waals surface area contributed by atoms with Crippen molar-refractivity contribution in [1.82, 2.24) is 14.7 Å². The molecule has 0 aromatic carbocycles. The third kappa shape index (κ3) is 3.31. The van der Waals surface area contributed by atoms with E-state index in [4.69, 9.17) is 0 Å². The van der Waals surface area contributed by atoms with Crippen molar-refractivity contribution in [2.45, 2.75) is 32.0 Å². The van der Waals surface area contributed by atoms with Gasteiger partial charge in [-0.3, -0.25) is 9.48 Å². The maximum atomic E-state index is 12.3. The normalized spacial score (nSPS) is 12.6. The van der Waals surface area contributed by atoms with Gasteiger partial charge in [0.2, 0.25) is 0 Å². The first-order valence-corrected chi connectivity index (χ1v) is 6.66. The molecule has 96 valence electrons. The summed E-state index contributed by atoms with van der Waals surface area (Å²) in [5.74, 6) is 0.0567. The fourth-order valence-corrected chi connectivity index (χ4v) is 1.95.